The molecule has 5 heteroatoms. The second-order valence-electron chi connectivity index (χ2n) is 8.72. The fourth-order valence-electron chi connectivity index (χ4n) is 4.90. The van der Waals surface area contributed by atoms with E-state index < -0.39 is 11.4 Å². The van der Waals surface area contributed by atoms with Gasteiger partial charge in [-0.15, -0.1) is 0 Å². The lowest BCUT2D eigenvalue weighted by atomic mass is 9.76. The Hall–Kier alpha value is -4.25. The van der Waals surface area contributed by atoms with E-state index in [1.54, 1.807) is 0 Å². The van der Waals surface area contributed by atoms with Crippen molar-refractivity contribution in [1.82, 2.24) is 14.5 Å². The van der Waals surface area contributed by atoms with Crippen LogP contribution in [0.15, 0.2) is 103 Å². The first kappa shape index (κ1) is 22.5. The molecule has 2 N–H and O–H groups in total. The van der Waals surface area contributed by atoms with Gasteiger partial charge in [-0.2, -0.15) is 0 Å². The highest BCUT2D eigenvalue weighted by Gasteiger charge is 2.40. The van der Waals surface area contributed by atoms with Crippen molar-refractivity contribution in [2.24, 2.45) is 5.73 Å². The zero-order chi connectivity index (χ0) is 24.3. The maximum atomic E-state index is 12.6. The number of amides is 1. The number of carbonyl (C=O) groups excluding carboxylic acids is 1. The van der Waals surface area contributed by atoms with Gasteiger partial charge < -0.3 is 10.3 Å². The third-order valence-electron chi connectivity index (χ3n) is 6.53. The number of unbranched alkanes of at least 4 members (excludes halogenated alkanes) is 1. The molecule has 0 fully saturated rings. The van der Waals surface area contributed by atoms with Crippen LogP contribution in [0, 0.1) is 0 Å². The predicted molar refractivity (Wildman–Crippen MR) is 139 cm³/mol. The Bertz CT molecular complexity index is 1350. The minimum atomic E-state index is -0.796. The van der Waals surface area contributed by atoms with Crippen molar-refractivity contribution >= 4 is 17.1 Å². The fraction of sp³-hybridized carbons (Fsp3) is 0.167. The van der Waals surface area contributed by atoms with Gasteiger partial charge in [0.05, 0.1) is 17.5 Å². The summed E-state index contributed by atoms with van der Waals surface area (Å²) in [5.74, 6) is -0.515. The number of benzene rings is 3. The number of hydrogen-bond acceptors (Lipinski definition) is 3. The van der Waals surface area contributed by atoms with Crippen molar-refractivity contribution in [3.63, 3.8) is 0 Å². The van der Waals surface area contributed by atoms with Crippen molar-refractivity contribution in [3.8, 4) is 0 Å². The topological polar surface area (TPSA) is 73.8 Å². The van der Waals surface area contributed by atoms with Gasteiger partial charge >= 0.3 is 0 Å². The average Bonchev–Trinajstić information content (AvgIpc) is 3.29. The first-order chi connectivity index (χ1) is 17.2. The van der Waals surface area contributed by atoms with Gasteiger partial charge in [0.2, 0.25) is 0 Å². The van der Waals surface area contributed by atoms with Gasteiger partial charge in [0, 0.05) is 6.20 Å². The zero-order valence-corrected chi connectivity index (χ0v) is 19.8. The van der Waals surface area contributed by atoms with Gasteiger partial charge in [-0.3, -0.25) is 4.79 Å². The third kappa shape index (κ3) is 3.89. The molecule has 0 bridgehead atoms. The number of carbonyl (C=O) groups is 1. The molecular formula is C30H28N4O. The summed E-state index contributed by atoms with van der Waals surface area (Å²) in [7, 11) is 0. The summed E-state index contributed by atoms with van der Waals surface area (Å²) in [5, 5.41) is 0. The third-order valence-corrected chi connectivity index (χ3v) is 6.53. The van der Waals surface area contributed by atoms with E-state index in [0.717, 1.165) is 41.6 Å². The molecular weight excluding hydrogens is 432 g/mol. The number of hydrogen-bond donors (Lipinski definition) is 1. The molecule has 0 saturated heterocycles. The summed E-state index contributed by atoms with van der Waals surface area (Å²) in [6.45, 7) is 2.14. The number of rotatable bonds is 8. The van der Waals surface area contributed by atoms with Crippen LogP contribution >= 0.6 is 0 Å². The van der Waals surface area contributed by atoms with Gasteiger partial charge in [0.15, 0.2) is 5.65 Å². The highest BCUT2D eigenvalue weighted by Crippen LogP contribution is 2.43. The van der Waals surface area contributed by atoms with E-state index in [1.165, 1.54) is 0 Å². The smallest absolute Gasteiger partial charge is 0.252 e. The Kier molecular flexibility index (Phi) is 6.15. The number of primary amides is 1. The first-order valence-electron chi connectivity index (χ1n) is 12.0. The van der Waals surface area contributed by atoms with E-state index in [9.17, 15) is 4.79 Å². The quantitative estimate of drug-likeness (QED) is 0.301. The highest BCUT2D eigenvalue weighted by molar-refractivity contribution is 6.04. The second kappa shape index (κ2) is 9.55. The van der Waals surface area contributed by atoms with Crippen molar-refractivity contribution in [1.29, 1.82) is 0 Å². The summed E-state index contributed by atoms with van der Waals surface area (Å²) >= 11 is 0. The Morgan fingerprint density at radius 2 is 1.37 bits per heavy atom. The van der Waals surface area contributed by atoms with Crippen LogP contribution in [0.3, 0.4) is 0 Å². The molecule has 0 unspecified atom stereocenters. The number of aryl methyl sites for hydroxylation is 1. The molecule has 0 radical (unpaired) electrons. The first-order valence-corrected chi connectivity index (χ1v) is 12.0. The van der Waals surface area contributed by atoms with Gasteiger partial charge in [0.1, 0.15) is 11.1 Å². The van der Waals surface area contributed by atoms with E-state index in [4.69, 9.17) is 15.7 Å². The molecule has 3 aromatic carbocycles. The van der Waals surface area contributed by atoms with Crippen LogP contribution in [0.2, 0.25) is 0 Å². The monoisotopic (exact) mass is 460 g/mol. The molecule has 5 aromatic rings. The minimum absolute atomic E-state index is 0.373. The lowest BCUT2D eigenvalue weighted by Gasteiger charge is -2.38. The van der Waals surface area contributed by atoms with E-state index >= 15 is 0 Å². The lowest BCUT2D eigenvalue weighted by molar-refractivity contribution is 0.100. The molecule has 1 amide bonds. The van der Waals surface area contributed by atoms with Crippen LogP contribution in [0.1, 0.15) is 52.5 Å². The zero-order valence-electron chi connectivity index (χ0n) is 19.8. The standard InChI is InChI=1S/C30H28N4O/c1-2-3-19-25-20-32-29-27(33-25)26(28(31)35)21-34(29)30(22-13-7-4-8-14-22,23-15-9-5-10-16-23)24-17-11-6-12-18-24/h4-18,20-21H,2-3,19H2,1H3,(H2,31,35). The maximum absolute atomic E-state index is 12.6. The normalized spacial score (nSPS) is 11.6. The molecule has 0 saturated carbocycles. The lowest BCUT2D eigenvalue weighted by Crippen LogP contribution is -2.37. The average molecular weight is 461 g/mol. The van der Waals surface area contributed by atoms with Gasteiger partial charge in [-0.05, 0) is 29.5 Å². The maximum Gasteiger partial charge on any atom is 0.252 e. The molecule has 35 heavy (non-hydrogen) atoms. The van der Waals surface area contributed by atoms with E-state index in [0.29, 0.717) is 16.7 Å². The molecule has 0 aliphatic carbocycles. The van der Waals surface area contributed by atoms with E-state index in [-0.39, 0.29) is 0 Å². The van der Waals surface area contributed by atoms with Crippen molar-refractivity contribution in [2.45, 2.75) is 31.7 Å². The molecule has 0 aliphatic rings. The number of aromatic nitrogens is 3. The predicted octanol–water partition coefficient (Wildman–Crippen LogP) is 5.71. The molecule has 5 rings (SSSR count). The second-order valence-corrected chi connectivity index (χ2v) is 8.72. The molecule has 0 aliphatic heterocycles. The van der Waals surface area contributed by atoms with Crippen LogP contribution < -0.4 is 5.73 Å². The van der Waals surface area contributed by atoms with Gasteiger partial charge in [-0.1, -0.05) is 104 Å². The van der Waals surface area contributed by atoms with Gasteiger partial charge in [0.25, 0.3) is 5.91 Å². The van der Waals surface area contributed by atoms with Crippen LogP contribution in [-0.2, 0) is 12.0 Å². The minimum Gasteiger partial charge on any atom is -0.365 e. The Balaban J connectivity index is 1.91. The van der Waals surface area contributed by atoms with Gasteiger partial charge in [-0.25, -0.2) is 9.97 Å². The molecule has 2 heterocycles. The van der Waals surface area contributed by atoms with Crippen molar-refractivity contribution in [2.75, 3.05) is 0 Å². The highest BCUT2D eigenvalue weighted by atomic mass is 16.1. The molecule has 2 aromatic heterocycles. The number of fused-ring (bicyclic) bond motifs is 1. The summed E-state index contributed by atoms with van der Waals surface area (Å²) in [6.07, 6.45) is 6.52. The summed E-state index contributed by atoms with van der Waals surface area (Å²) < 4.78 is 2.07. The Labute approximate surface area is 205 Å². The summed E-state index contributed by atoms with van der Waals surface area (Å²) in [5.41, 5.74) is 10.6. The van der Waals surface area contributed by atoms with Crippen LogP contribution in [0.4, 0.5) is 0 Å². The largest absolute Gasteiger partial charge is 0.365 e. The Morgan fingerprint density at radius 3 is 1.83 bits per heavy atom. The van der Waals surface area contributed by atoms with E-state index in [2.05, 4.69) is 47.9 Å². The van der Waals surface area contributed by atoms with Crippen molar-refractivity contribution < 1.29 is 4.79 Å². The summed E-state index contributed by atoms with van der Waals surface area (Å²) in [6, 6.07) is 30.9. The molecule has 0 spiro atoms. The fourth-order valence-corrected chi connectivity index (χ4v) is 4.90. The van der Waals surface area contributed by atoms with Crippen LogP contribution in [0.5, 0.6) is 0 Å². The van der Waals surface area contributed by atoms with Crippen molar-refractivity contribution in [3.05, 3.63) is 131 Å². The van der Waals surface area contributed by atoms with Crippen LogP contribution in [0.25, 0.3) is 11.2 Å². The van der Waals surface area contributed by atoms with Crippen LogP contribution in [-0.4, -0.2) is 20.4 Å². The number of nitrogens with zero attached hydrogens (tertiary/aromatic N) is 3. The molecule has 174 valence electrons. The molecule has 0 atom stereocenters. The van der Waals surface area contributed by atoms with E-state index in [1.807, 2.05) is 67.0 Å². The summed E-state index contributed by atoms with van der Waals surface area (Å²) in [4.78, 5) is 22.4. The molecule has 5 nitrogen and oxygen atoms in total. The number of nitrogens with two attached hydrogens (primary N) is 1. The SMILES string of the molecule is CCCCc1cnc2c(n1)c(C(N)=O)cn2C(c1ccccc1)(c1ccccc1)c1ccccc1. The Morgan fingerprint density at radius 1 is 0.857 bits per heavy atom.